The summed E-state index contributed by atoms with van der Waals surface area (Å²) < 4.78 is 4.64. The summed E-state index contributed by atoms with van der Waals surface area (Å²) in [6, 6.07) is 9.19. The van der Waals surface area contributed by atoms with Crippen LogP contribution >= 0.6 is 0 Å². The van der Waals surface area contributed by atoms with E-state index in [4.69, 9.17) is 5.73 Å². The van der Waals surface area contributed by atoms with E-state index in [0.29, 0.717) is 12.1 Å². The Morgan fingerprint density at radius 3 is 2.50 bits per heavy atom. The molecule has 0 atom stereocenters. The van der Waals surface area contributed by atoms with E-state index in [1.54, 1.807) is 0 Å². The van der Waals surface area contributed by atoms with Crippen LogP contribution in [0.3, 0.4) is 0 Å². The van der Waals surface area contributed by atoms with Gasteiger partial charge in [0.1, 0.15) is 23.1 Å². The van der Waals surface area contributed by atoms with Crippen molar-refractivity contribution in [1.82, 2.24) is 28.5 Å². The molecule has 1 aromatic carbocycles. The van der Waals surface area contributed by atoms with Crippen LogP contribution < -0.4 is 22.5 Å². The van der Waals surface area contributed by atoms with Crippen molar-refractivity contribution in [2.24, 2.45) is 7.05 Å². The lowest BCUT2D eigenvalue weighted by Gasteiger charge is -2.14. The average Bonchev–Trinajstić information content (AvgIpc) is 3.23. The summed E-state index contributed by atoms with van der Waals surface area (Å²) in [5.41, 5.74) is 4.87. The highest BCUT2D eigenvalue weighted by atomic mass is 16.2. The van der Waals surface area contributed by atoms with Crippen molar-refractivity contribution in [2.75, 3.05) is 5.73 Å². The summed E-state index contributed by atoms with van der Waals surface area (Å²) in [6.45, 7) is 1.64. The largest absolute Gasteiger partial charge is 0.384 e. The molecule has 0 aliphatic heterocycles. The molecular formula is C21H21N7O4. The maximum Gasteiger partial charge on any atom is 0.332 e. The molecule has 0 bridgehead atoms. The van der Waals surface area contributed by atoms with E-state index < -0.39 is 29.1 Å². The van der Waals surface area contributed by atoms with Gasteiger partial charge in [-0.3, -0.25) is 28.1 Å². The summed E-state index contributed by atoms with van der Waals surface area (Å²) in [7, 11) is 1.28. The number of carbonyl (C=O) groups excluding carboxylic acids is 1. The standard InChI is InChI=1S/C21H21N7O4/c1-3-9-27-17(22)16(20(31)25(2)21(27)32)15(29)11-26-12-23-18-14(19(26)30)10-24-28(18)13-7-5-4-6-8-13/h4-8,10,12H,3,9,11,22H2,1-2H3. The fraction of sp³-hybridized carbons (Fsp3) is 0.238. The number of anilines is 1. The van der Waals surface area contributed by atoms with Crippen LogP contribution in [0, 0.1) is 0 Å². The predicted molar refractivity (Wildman–Crippen MR) is 118 cm³/mol. The molecule has 2 N–H and O–H groups in total. The number of nitrogen functional groups attached to an aromatic ring is 1. The molecule has 0 fully saturated rings. The number of aromatic nitrogens is 6. The molecule has 3 heterocycles. The summed E-state index contributed by atoms with van der Waals surface area (Å²) in [6.07, 6.45) is 3.20. The van der Waals surface area contributed by atoms with Crippen molar-refractivity contribution in [3.63, 3.8) is 0 Å². The Hall–Kier alpha value is -4.28. The fourth-order valence-corrected chi connectivity index (χ4v) is 3.54. The van der Waals surface area contributed by atoms with Crippen LogP contribution in [-0.2, 0) is 20.1 Å². The minimum Gasteiger partial charge on any atom is -0.384 e. The van der Waals surface area contributed by atoms with Crippen molar-refractivity contribution in [3.8, 4) is 5.69 Å². The van der Waals surface area contributed by atoms with Crippen molar-refractivity contribution in [3.05, 3.63) is 79.6 Å². The third kappa shape index (κ3) is 3.33. The van der Waals surface area contributed by atoms with Gasteiger partial charge in [-0.15, -0.1) is 0 Å². The third-order valence-electron chi connectivity index (χ3n) is 5.18. The fourth-order valence-electron chi connectivity index (χ4n) is 3.54. The highest BCUT2D eigenvalue weighted by molar-refractivity contribution is 5.99. The molecular weight excluding hydrogens is 414 g/mol. The lowest BCUT2D eigenvalue weighted by molar-refractivity contribution is 0.0968. The molecule has 32 heavy (non-hydrogen) atoms. The number of hydrogen-bond acceptors (Lipinski definition) is 7. The Bertz CT molecular complexity index is 1510. The van der Waals surface area contributed by atoms with E-state index >= 15 is 0 Å². The number of Topliss-reactive ketones (excluding diaryl/α,β-unsaturated/α-hetero) is 1. The molecule has 0 saturated heterocycles. The van der Waals surface area contributed by atoms with Crippen LogP contribution in [-0.4, -0.2) is 34.2 Å². The van der Waals surface area contributed by atoms with Gasteiger partial charge in [-0.2, -0.15) is 5.10 Å². The van der Waals surface area contributed by atoms with E-state index in [2.05, 4.69) is 10.1 Å². The molecule has 0 aliphatic carbocycles. The second-order valence-electron chi connectivity index (χ2n) is 7.29. The molecule has 11 heteroatoms. The van der Waals surface area contributed by atoms with Crippen LogP contribution in [0.5, 0.6) is 0 Å². The van der Waals surface area contributed by atoms with Gasteiger partial charge in [0.05, 0.1) is 18.4 Å². The van der Waals surface area contributed by atoms with E-state index in [9.17, 15) is 19.2 Å². The topological polar surface area (TPSA) is 140 Å². The van der Waals surface area contributed by atoms with E-state index in [1.165, 1.54) is 28.8 Å². The minimum absolute atomic E-state index is 0.205. The van der Waals surface area contributed by atoms with Crippen LogP contribution in [0.25, 0.3) is 16.7 Å². The van der Waals surface area contributed by atoms with E-state index in [1.807, 2.05) is 37.3 Å². The number of benzene rings is 1. The minimum atomic E-state index is -0.802. The molecule has 0 saturated carbocycles. The van der Waals surface area contributed by atoms with E-state index in [0.717, 1.165) is 14.8 Å². The van der Waals surface area contributed by atoms with Gasteiger partial charge < -0.3 is 5.73 Å². The number of fused-ring (bicyclic) bond motifs is 1. The predicted octanol–water partition coefficient (Wildman–Crippen LogP) is 0.318. The van der Waals surface area contributed by atoms with Crippen molar-refractivity contribution >= 4 is 22.6 Å². The normalized spacial score (nSPS) is 11.2. The molecule has 3 aromatic heterocycles. The molecule has 4 aromatic rings. The lowest BCUT2D eigenvalue weighted by atomic mass is 10.2. The highest BCUT2D eigenvalue weighted by Gasteiger charge is 2.22. The molecule has 0 amide bonds. The number of hydrogen-bond donors (Lipinski definition) is 1. The average molecular weight is 435 g/mol. The van der Waals surface area contributed by atoms with Gasteiger partial charge >= 0.3 is 5.69 Å². The van der Waals surface area contributed by atoms with Crippen molar-refractivity contribution < 1.29 is 4.79 Å². The van der Waals surface area contributed by atoms with E-state index in [-0.39, 0.29) is 23.3 Å². The first kappa shape index (κ1) is 21.0. The molecule has 0 aliphatic rings. The number of carbonyl (C=O) groups is 1. The van der Waals surface area contributed by atoms with Gasteiger partial charge in [-0.1, -0.05) is 25.1 Å². The molecule has 164 valence electrons. The Morgan fingerprint density at radius 1 is 1.09 bits per heavy atom. The Balaban J connectivity index is 1.76. The smallest absolute Gasteiger partial charge is 0.332 e. The van der Waals surface area contributed by atoms with Crippen molar-refractivity contribution in [1.29, 1.82) is 0 Å². The zero-order valence-corrected chi connectivity index (χ0v) is 17.6. The Morgan fingerprint density at radius 2 is 1.81 bits per heavy atom. The summed E-state index contributed by atoms with van der Waals surface area (Å²) in [5.74, 6) is -0.893. The van der Waals surface area contributed by atoms with Gasteiger partial charge in [0.15, 0.2) is 11.4 Å². The maximum atomic E-state index is 13.0. The number of para-hydroxylation sites is 1. The second kappa shape index (κ2) is 8.10. The van der Waals surface area contributed by atoms with Crippen LogP contribution in [0.1, 0.15) is 23.7 Å². The Kier molecular flexibility index (Phi) is 5.31. The number of rotatable bonds is 6. The zero-order valence-electron chi connectivity index (χ0n) is 17.6. The highest BCUT2D eigenvalue weighted by Crippen LogP contribution is 2.13. The summed E-state index contributed by atoms with van der Waals surface area (Å²) in [5, 5.41) is 4.45. The molecule has 4 rings (SSSR count). The first-order valence-electron chi connectivity index (χ1n) is 9.96. The van der Waals surface area contributed by atoms with Crippen LogP contribution in [0.2, 0.25) is 0 Å². The maximum absolute atomic E-state index is 13.0. The van der Waals surface area contributed by atoms with Crippen LogP contribution in [0.15, 0.2) is 57.2 Å². The Labute approximate surface area is 181 Å². The molecule has 0 unspecified atom stereocenters. The van der Waals surface area contributed by atoms with Gasteiger partial charge in [0, 0.05) is 13.6 Å². The molecule has 0 spiro atoms. The SMILES string of the molecule is CCCn1c(N)c(C(=O)Cn2cnc3c(cnn3-c3ccccc3)c2=O)c(=O)n(C)c1=O. The third-order valence-corrected chi connectivity index (χ3v) is 5.18. The molecule has 11 nitrogen and oxygen atoms in total. The van der Waals surface area contributed by atoms with Gasteiger partial charge in [0.2, 0.25) is 0 Å². The second-order valence-corrected chi connectivity index (χ2v) is 7.29. The first-order chi connectivity index (χ1) is 15.3. The van der Waals surface area contributed by atoms with Gasteiger partial charge in [-0.05, 0) is 18.6 Å². The van der Waals surface area contributed by atoms with Crippen LogP contribution in [0.4, 0.5) is 5.82 Å². The number of ketones is 1. The van der Waals surface area contributed by atoms with Gasteiger partial charge in [-0.25, -0.2) is 14.5 Å². The summed E-state index contributed by atoms with van der Waals surface area (Å²) in [4.78, 5) is 55.1. The van der Waals surface area contributed by atoms with Crippen molar-refractivity contribution in [2.45, 2.75) is 26.4 Å². The summed E-state index contributed by atoms with van der Waals surface area (Å²) >= 11 is 0. The van der Waals surface area contributed by atoms with Gasteiger partial charge in [0.25, 0.3) is 11.1 Å². The zero-order chi connectivity index (χ0) is 23.0. The monoisotopic (exact) mass is 435 g/mol. The number of nitrogens with zero attached hydrogens (tertiary/aromatic N) is 6. The molecule has 0 radical (unpaired) electrons. The number of nitrogens with two attached hydrogens (primary N) is 1. The quantitative estimate of drug-likeness (QED) is 0.430. The first-order valence-corrected chi connectivity index (χ1v) is 9.96. The lowest BCUT2D eigenvalue weighted by Crippen LogP contribution is -2.43.